The molecule has 0 fully saturated rings. The monoisotopic (exact) mass is 222 g/mol. The van der Waals surface area contributed by atoms with Gasteiger partial charge < -0.3 is 15.7 Å². The third-order valence-electron chi connectivity index (χ3n) is 2.16. The quantitative estimate of drug-likeness (QED) is 0.725. The number of nitrogens with one attached hydrogen (secondary N) is 2. The van der Waals surface area contributed by atoms with Crippen molar-refractivity contribution in [2.75, 3.05) is 11.9 Å². The van der Waals surface area contributed by atoms with Gasteiger partial charge in [0.25, 0.3) is 0 Å². The average Bonchev–Trinajstić information content (AvgIpc) is 2.21. The third-order valence-corrected chi connectivity index (χ3v) is 2.16. The summed E-state index contributed by atoms with van der Waals surface area (Å²) in [5.41, 5.74) is 1.40. The first-order valence-electron chi connectivity index (χ1n) is 5.32. The predicted molar refractivity (Wildman–Crippen MR) is 64.6 cm³/mol. The number of phenolic OH excluding ortho intramolecular Hbond substituents is 1. The lowest BCUT2D eigenvalue weighted by Gasteiger charge is -2.09. The number of carbonyl (C=O) groups is 1. The minimum atomic E-state index is -0.114. The summed E-state index contributed by atoms with van der Waals surface area (Å²) in [6, 6.07) is 5.35. The Morgan fingerprint density at radius 1 is 1.44 bits per heavy atom. The Morgan fingerprint density at radius 2 is 2.12 bits per heavy atom. The van der Waals surface area contributed by atoms with E-state index in [1.165, 1.54) is 0 Å². The molecule has 1 aromatic carbocycles. The molecule has 0 unspecified atom stereocenters. The van der Waals surface area contributed by atoms with Crippen molar-refractivity contribution >= 4 is 11.6 Å². The molecular formula is C12H18N2O2. The smallest absolute Gasteiger partial charge is 0.238 e. The van der Waals surface area contributed by atoms with Crippen molar-refractivity contribution < 1.29 is 9.90 Å². The normalized spacial score (nSPS) is 10.5. The van der Waals surface area contributed by atoms with E-state index in [0.29, 0.717) is 5.69 Å². The standard InChI is InChI=1S/C12H18N2O2/c1-8(2)13-7-12(16)14-10-5-4-9(3)11(15)6-10/h4-6,8,13,15H,7H2,1-3H3,(H,14,16). The van der Waals surface area contributed by atoms with Gasteiger partial charge >= 0.3 is 0 Å². The topological polar surface area (TPSA) is 61.4 Å². The Bertz CT molecular complexity index is 375. The fourth-order valence-electron chi connectivity index (χ4n) is 1.19. The number of carbonyl (C=O) groups excluding carboxylic acids is 1. The minimum absolute atomic E-state index is 0.114. The molecule has 0 radical (unpaired) electrons. The van der Waals surface area contributed by atoms with Crippen molar-refractivity contribution in [3.05, 3.63) is 23.8 Å². The van der Waals surface area contributed by atoms with Crippen LogP contribution in [0.25, 0.3) is 0 Å². The Balaban J connectivity index is 2.53. The van der Waals surface area contributed by atoms with Crippen molar-refractivity contribution in [3.8, 4) is 5.75 Å². The largest absolute Gasteiger partial charge is 0.508 e. The fraction of sp³-hybridized carbons (Fsp3) is 0.417. The molecule has 0 saturated heterocycles. The van der Waals surface area contributed by atoms with E-state index in [2.05, 4.69) is 10.6 Å². The van der Waals surface area contributed by atoms with Crippen LogP contribution in [0.15, 0.2) is 18.2 Å². The SMILES string of the molecule is Cc1ccc(NC(=O)CNC(C)C)cc1O. The molecule has 3 N–H and O–H groups in total. The second kappa shape index (κ2) is 5.51. The van der Waals surface area contributed by atoms with Gasteiger partial charge in [-0.1, -0.05) is 19.9 Å². The number of phenols is 1. The van der Waals surface area contributed by atoms with Gasteiger partial charge in [0.15, 0.2) is 0 Å². The van der Waals surface area contributed by atoms with Crippen molar-refractivity contribution in [2.45, 2.75) is 26.8 Å². The van der Waals surface area contributed by atoms with Crippen molar-refractivity contribution in [3.63, 3.8) is 0 Å². The molecule has 0 aliphatic rings. The molecule has 4 nitrogen and oxygen atoms in total. The van der Waals surface area contributed by atoms with E-state index in [1.807, 2.05) is 13.8 Å². The summed E-state index contributed by atoms with van der Waals surface area (Å²) >= 11 is 0. The van der Waals surface area contributed by atoms with Gasteiger partial charge in [-0.3, -0.25) is 4.79 Å². The van der Waals surface area contributed by atoms with Gasteiger partial charge in [-0.2, -0.15) is 0 Å². The number of hydrogen-bond acceptors (Lipinski definition) is 3. The molecule has 0 saturated carbocycles. The van der Waals surface area contributed by atoms with Crippen LogP contribution >= 0.6 is 0 Å². The fourth-order valence-corrected chi connectivity index (χ4v) is 1.19. The maximum absolute atomic E-state index is 11.5. The van der Waals surface area contributed by atoms with Crippen molar-refractivity contribution in [1.29, 1.82) is 0 Å². The minimum Gasteiger partial charge on any atom is -0.508 e. The summed E-state index contributed by atoms with van der Waals surface area (Å²) in [4.78, 5) is 11.5. The van der Waals surface area contributed by atoms with Gasteiger partial charge in [-0.25, -0.2) is 0 Å². The van der Waals surface area contributed by atoms with Gasteiger partial charge in [0.2, 0.25) is 5.91 Å². The van der Waals surface area contributed by atoms with Crippen LogP contribution in [0, 0.1) is 6.92 Å². The lowest BCUT2D eigenvalue weighted by Crippen LogP contribution is -2.32. The van der Waals surface area contributed by atoms with E-state index in [9.17, 15) is 9.90 Å². The average molecular weight is 222 g/mol. The molecule has 0 aromatic heterocycles. The Morgan fingerprint density at radius 3 is 2.69 bits per heavy atom. The molecule has 1 rings (SSSR count). The van der Waals surface area contributed by atoms with Crippen LogP contribution in [-0.2, 0) is 4.79 Å². The second-order valence-corrected chi connectivity index (χ2v) is 4.09. The number of aryl methyl sites for hydroxylation is 1. The maximum Gasteiger partial charge on any atom is 0.238 e. The van der Waals surface area contributed by atoms with Crippen LogP contribution in [0.4, 0.5) is 5.69 Å². The predicted octanol–water partition coefficient (Wildman–Crippen LogP) is 1.64. The number of rotatable bonds is 4. The summed E-state index contributed by atoms with van der Waals surface area (Å²) in [5.74, 6) is 0.0755. The molecular weight excluding hydrogens is 204 g/mol. The Kier molecular flexibility index (Phi) is 4.31. The van der Waals surface area contributed by atoms with Crippen molar-refractivity contribution in [2.24, 2.45) is 0 Å². The van der Waals surface area contributed by atoms with E-state index in [0.717, 1.165) is 5.56 Å². The van der Waals surface area contributed by atoms with Gasteiger partial charge in [0.05, 0.1) is 6.54 Å². The second-order valence-electron chi connectivity index (χ2n) is 4.09. The van der Waals surface area contributed by atoms with Crippen LogP contribution in [0.3, 0.4) is 0 Å². The number of amides is 1. The van der Waals surface area contributed by atoms with Gasteiger partial charge in [-0.05, 0) is 18.6 Å². The summed E-state index contributed by atoms with van der Waals surface area (Å²) < 4.78 is 0. The molecule has 0 spiro atoms. The molecule has 88 valence electrons. The van der Waals surface area contributed by atoms with E-state index < -0.39 is 0 Å². The zero-order valence-corrected chi connectivity index (χ0v) is 9.87. The maximum atomic E-state index is 11.5. The third kappa shape index (κ3) is 3.90. The summed E-state index contributed by atoms with van der Waals surface area (Å²) in [7, 11) is 0. The Labute approximate surface area is 95.7 Å². The molecule has 16 heavy (non-hydrogen) atoms. The molecule has 0 atom stereocenters. The highest BCUT2D eigenvalue weighted by molar-refractivity contribution is 5.92. The number of anilines is 1. The highest BCUT2D eigenvalue weighted by Crippen LogP contribution is 2.20. The van der Waals surface area contributed by atoms with Crippen LogP contribution in [0.5, 0.6) is 5.75 Å². The molecule has 0 aliphatic heterocycles. The summed E-state index contributed by atoms with van der Waals surface area (Å²) in [5, 5.41) is 15.2. The molecule has 0 aliphatic carbocycles. The highest BCUT2D eigenvalue weighted by atomic mass is 16.3. The Hall–Kier alpha value is -1.55. The van der Waals surface area contributed by atoms with Crippen LogP contribution in [0.2, 0.25) is 0 Å². The first-order chi connectivity index (χ1) is 7.49. The van der Waals surface area contributed by atoms with E-state index >= 15 is 0 Å². The lowest BCUT2D eigenvalue weighted by atomic mass is 10.2. The van der Waals surface area contributed by atoms with Gasteiger partial charge in [-0.15, -0.1) is 0 Å². The first-order valence-corrected chi connectivity index (χ1v) is 5.32. The number of aromatic hydroxyl groups is 1. The first kappa shape index (κ1) is 12.5. The lowest BCUT2D eigenvalue weighted by molar-refractivity contribution is -0.115. The molecule has 1 amide bonds. The summed E-state index contributed by atoms with van der Waals surface area (Å²) in [6.45, 7) is 6.03. The van der Waals surface area contributed by atoms with E-state index in [-0.39, 0.29) is 24.2 Å². The molecule has 1 aromatic rings. The van der Waals surface area contributed by atoms with Crippen LogP contribution < -0.4 is 10.6 Å². The molecule has 0 heterocycles. The van der Waals surface area contributed by atoms with Crippen LogP contribution in [0.1, 0.15) is 19.4 Å². The van der Waals surface area contributed by atoms with E-state index in [4.69, 9.17) is 0 Å². The molecule has 0 bridgehead atoms. The zero-order chi connectivity index (χ0) is 12.1. The molecule has 4 heteroatoms. The zero-order valence-electron chi connectivity index (χ0n) is 9.87. The van der Waals surface area contributed by atoms with Crippen LogP contribution in [-0.4, -0.2) is 23.6 Å². The number of hydrogen-bond donors (Lipinski definition) is 3. The van der Waals surface area contributed by atoms with Gasteiger partial charge in [0, 0.05) is 17.8 Å². The van der Waals surface area contributed by atoms with E-state index in [1.54, 1.807) is 25.1 Å². The highest BCUT2D eigenvalue weighted by Gasteiger charge is 2.04. The van der Waals surface area contributed by atoms with Crippen molar-refractivity contribution in [1.82, 2.24) is 5.32 Å². The number of benzene rings is 1. The van der Waals surface area contributed by atoms with Gasteiger partial charge in [0.1, 0.15) is 5.75 Å². The summed E-state index contributed by atoms with van der Waals surface area (Å²) in [6.07, 6.45) is 0.